The molecule has 0 aromatic carbocycles. The van der Waals surface area contributed by atoms with E-state index in [0.717, 1.165) is 39.0 Å². The van der Waals surface area contributed by atoms with Crippen molar-refractivity contribution in [2.24, 2.45) is 5.92 Å². The molecule has 2 unspecified atom stereocenters. The Kier molecular flexibility index (Phi) is 5.77. The fourth-order valence-corrected chi connectivity index (χ4v) is 2.22. The summed E-state index contributed by atoms with van der Waals surface area (Å²) in [5, 5.41) is 3.09. The summed E-state index contributed by atoms with van der Waals surface area (Å²) in [6.45, 7) is 4.60. The van der Waals surface area contributed by atoms with Gasteiger partial charge in [0.05, 0.1) is 12.0 Å². The highest BCUT2D eigenvalue weighted by Crippen LogP contribution is 2.24. The second-order valence-electron chi connectivity index (χ2n) is 4.43. The topological polar surface area (TPSA) is 41.6 Å². The van der Waals surface area contributed by atoms with Gasteiger partial charge in [0, 0.05) is 20.2 Å². The van der Waals surface area contributed by atoms with Gasteiger partial charge in [-0.25, -0.2) is 0 Å². The summed E-state index contributed by atoms with van der Waals surface area (Å²) < 4.78 is 5.55. The number of carbonyl (C=O) groups is 1. The number of hydrogen-bond donors (Lipinski definition) is 1. The zero-order valence-corrected chi connectivity index (χ0v) is 10.7. The Morgan fingerprint density at radius 3 is 2.94 bits per heavy atom. The molecule has 1 rings (SSSR count). The molecule has 1 aliphatic rings. The lowest BCUT2D eigenvalue weighted by Crippen LogP contribution is -2.37. The lowest BCUT2D eigenvalue weighted by Gasteiger charge is -2.23. The van der Waals surface area contributed by atoms with Gasteiger partial charge in [0.1, 0.15) is 0 Å². The highest BCUT2D eigenvalue weighted by molar-refractivity contribution is 5.79. The Hall–Kier alpha value is -0.610. The molecule has 16 heavy (non-hydrogen) atoms. The number of amides is 1. The maximum absolute atomic E-state index is 12.1. The minimum Gasteiger partial charge on any atom is -0.377 e. The van der Waals surface area contributed by atoms with Gasteiger partial charge in [0.2, 0.25) is 5.91 Å². The van der Waals surface area contributed by atoms with Crippen molar-refractivity contribution in [3.05, 3.63) is 0 Å². The van der Waals surface area contributed by atoms with Crippen LogP contribution in [0.15, 0.2) is 0 Å². The zero-order valence-electron chi connectivity index (χ0n) is 10.7. The molecule has 94 valence electrons. The molecule has 1 saturated heterocycles. The summed E-state index contributed by atoms with van der Waals surface area (Å²) in [6.07, 6.45) is 2.96. The lowest BCUT2D eigenvalue weighted by atomic mass is 9.98. The first-order valence-corrected chi connectivity index (χ1v) is 6.21. The van der Waals surface area contributed by atoms with Crippen molar-refractivity contribution >= 4 is 5.91 Å². The molecule has 1 heterocycles. The molecule has 0 aliphatic carbocycles. The van der Waals surface area contributed by atoms with Crippen molar-refractivity contribution in [2.45, 2.75) is 32.3 Å². The molecule has 1 aliphatic heterocycles. The first-order chi connectivity index (χ1) is 7.70. The van der Waals surface area contributed by atoms with Crippen LogP contribution in [-0.4, -0.2) is 50.7 Å². The number of carbonyl (C=O) groups excluding carboxylic acids is 1. The number of rotatable bonds is 6. The van der Waals surface area contributed by atoms with Crippen LogP contribution in [0, 0.1) is 5.92 Å². The predicted molar refractivity (Wildman–Crippen MR) is 64.3 cm³/mol. The molecule has 2 atom stereocenters. The Labute approximate surface area is 98.3 Å². The average Bonchev–Trinajstić information content (AvgIpc) is 2.76. The predicted octanol–water partition coefficient (Wildman–Crippen LogP) is 0.869. The van der Waals surface area contributed by atoms with E-state index in [9.17, 15) is 4.79 Å². The van der Waals surface area contributed by atoms with Crippen molar-refractivity contribution in [3.8, 4) is 0 Å². The third kappa shape index (κ3) is 3.46. The zero-order chi connectivity index (χ0) is 12.0. The Bertz CT molecular complexity index is 221. The Morgan fingerprint density at radius 1 is 1.56 bits per heavy atom. The van der Waals surface area contributed by atoms with Crippen molar-refractivity contribution in [3.63, 3.8) is 0 Å². The van der Waals surface area contributed by atoms with Crippen LogP contribution in [0.25, 0.3) is 0 Å². The molecule has 4 heteroatoms. The van der Waals surface area contributed by atoms with E-state index in [1.54, 1.807) is 0 Å². The summed E-state index contributed by atoms with van der Waals surface area (Å²) in [5.41, 5.74) is 0. The normalized spacial score (nSPS) is 24.7. The van der Waals surface area contributed by atoms with Crippen LogP contribution >= 0.6 is 0 Å². The molecule has 1 fully saturated rings. The van der Waals surface area contributed by atoms with Gasteiger partial charge in [-0.2, -0.15) is 0 Å². The fraction of sp³-hybridized carbons (Fsp3) is 0.917. The van der Waals surface area contributed by atoms with Gasteiger partial charge in [-0.05, 0) is 32.9 Å². The monoisotopic (exact) mass is 228 g/mol. The van der Waals surface area contributed by atoms with E-state index < -0.39 is 0 Å². The van der Waals surface area contributed by atoms with Crippen LogP contribution in [0.3, 0.4) is 0 Å². The van der Waals surface area contributed by atoms with Crippen molar-refractivity contribution in [2.75, 3.05) is 33.8 Å². The van der Waals surface area contributed by atoms with Crippen LogP contribution < -0.4 is 5.32 Å². The van der Waals surface area contributed by atoms with Gasteiger partial charge >= 0.3 is 0 Å². The Balaban J connectivity index is 2.37. The average molecular weight is 228 g/mol. The highest BCUT2D eigenvalue weighted by Gasteiger charge is 2.34. The number of nitrogens with one attached hydrogen (secondary N) is 1. The van der Waals surface area contributed by atoms with Gasteiger partial charge in [-0.1, -0.05) is 6.92 Å². The van der Waals surface area contributed by atoms with E-state index in [-0.39, 0.29) is 17.9 Å². The van der Waals surface area contributed by atoms with Crippen molar-refractivity contribution in [1.29, 1.82) is 0 Å². The van der Waals surface area contributed by atoms with Crippen LogP contribution in [0.1, 0.15) is 26.2 Å². The fourth-order valence-electron chi connectivity index (χ4n) is 2.22. The molecule has 0 spiro atoms. The maximum atomic E-state index is 12.1. The van der Waals surface area contributed by atoms with E-state index in [1.807, 2.05) is 19.0 Å². The van der Waals surface area contributed by atoms with Gasteiger partial charge in [0.15, 0.2) is 0 Å². The van der Waals surface area contributed by atoms with E-state index in [4.69, 9.17) is 4.74 Å². The smallest absolute Gasteiger partial charge is 0.228 e. The molecular formula is C12H24N2O2. The first-order valence-electron chi connectivity index (χ1n) is 6.21. The molecular weight excluding hydrogens is 204 g/mol. The number of ether oxygens (including phenoxy) is 1. The Morgan fingerprint density at radius 2 is 2.31 bits per heavy atom. The minimum atomic E-state index is 0.0876. The quantitative estimate of drug-likeness (QED) is 0.686. The van der Waals surface area contributed by atoms with Crippen LogP contribution in [0.2, 0.25) is 0 Å². The summed E-state index contributed by atoms with van der Waals surface area (Å²) in [4.78, 5) is 14.0. The first kappa shape index (κ1) is 13.5. The van der Waals surface area contributed by atoms with E-state index in [1.165, 1.54) is 0 Å². The van der Waals surface area contributed by atoms with Crippen molar-refractivity contribution in [1.82, 2.24) is 10.2 Å². The molecule has 0 aromatic rings. The SMILES string of the molecule is CCC1OCCC1C(=O)N(C)CCCNC. The van der Waals surface area contributed by atoms with Gasteiger partial charge in [-0.15, -0.1) is 0 Å². The third-order valence-electron chi connectivity index (χ3n) is 3.23. The van der Waals surface area contributed by atoms with E-state index in [0.29, 0.717) is 0 Å². The number of hydrogen-bond acceptors (Lipinski definition) is 3. The summed E-state index contributed by atoms with van der Waals surface area (Å²) >= 11 is 0. The van der Waals surface area contributed by atoms with Crippen LogP contribution in [-0.2, 0) is 9.53 Å². The molecule has 1 N–H and O–H groups in total. The van der Waals surface area contributed by atoms with Crippen LogP contribution in [0.5, 0.6) is 0 Å². The molecule has 1 amide bonds. The highest BCUT2D eigenvalue weighted by atomic mass is 16.5. The van der Waals surface area contributed by atoms with Gasteiger partial charge < -0.3 is 15.0 Å². The molecule has 0 bridgehead atoms. The number of nitrogens with zero attached hydrogens (tertiary/aromatic N) is 1. The minimum absolute atomic E-state index is 0.0876. The largest absolute Gasteiger partial charge is 0.377 e. The molecule has 0 radical (unpaired) electrons. The van der Waals surface area contributed by atoms with Crippen molar-refractivity contribution < 1.29 is 9.53 Å². The van der Waals surface area contributed by atoms with E-state index >= 15 is 0 Å². The van der Waals surface area contributed by atoms with Gasteiger partial charge in [0.25, 0.3) is 0 Å². The molecule has 0 saturated carbocycles. The maximum Gasteiger partial charge on any atom is 0.228 e. The second kappa shape index (κ2) is 6.86. The lowest BCUT2D eigenvalue weighted by molar-refractivity contribution is -0.136. The second-order valence-corrected chi connectivity index (χ2v) is 4.43. The summed E-state index contributed by atoms with van der Waals surface area (Å²) in [6, 6.07) is 0. The third-order valence-corrected chi connectivity index (χ3v) is 3.23. The van der Waals surface area contributed by atoms with E-state index in [2.05, 4.69) is 12.2 Å². The standard InChI is InChI=1S/C12H24N2O2/c1-4-11-10(6-9-16-11)12(15)14(3)8-5-7-13-2/h10-11,13H,4-9H2,1-3H3. The molecule has 0 aromatic heterocycles. The molecule has 4 nitrogen and oxygen atoms in total. The summed E-state index contributed by atoms with van der Waals surface area (Å²) in [7, 11) is 3.82. The van der Waals surface area contributed by atoms with Crippen LogP contribution in [0.4, 0.5) is 0 Å². The van der Waals surface area contributed by atoms with Gasteiger partial charge in [-0.3, -0.25) is 4.79 Å². The summed E-state index contributed by atoms with van der Waals surface area (Å²) in [5.74, 6) is 0.338.